The Kier molecular flexibility index (Phi) is 5.83. The summed E-state index contributed by atoms with van der Waals surface area (Å²) < 4.78 is 0. The van der Waals surface area contributed by atoms with Crippen LogP contribution in [0.1, 0.15) is 18.9 Å². The Labute approximate surface area is 123 Å². The Hall–Kier alpha value is -1.59. The van der Waals surface area contributed by atoms with E-state index in [1.54, 1.807) is 24.2 Å². The molecule has 1 unspecified atom stereocenters. The number of aliphatic hydroxyl groups excluding tert-OH is 1. The first-order valence-corrected chi connectivity index (χ1v) is 7.66. The fraction of sp³-hybridized carbons (Fsp3) is 0.333. The molecule has 2 aromatic rings. The van der Waals surface area contributed by atoms with E-state index < -0.39 is 0 Å². The number of anilines is 1. The molecule has 0 radical (unpaired) electrons. The lowest BCUT2D eigenvalue weighted by Crippen LogP contribution is -2.23. The average Bonchev–Trinajstić information content (AvgIpc) is 2.52. The first kappa shape index (κ1) is 14.8. The monoisotopic (exact) mass is 289 g/mol. The third-order valence-corrected chi connectivity index (χ3v) is 3.88. The molecule has 20 heavy (non-hydrogen) atoms. The summed E-state index contributed by atoms with van der Waals surface area (Å²) in [5.74, 6) is 1.58. The van der Waals surface area contributed by atoms with Crippen molar-refractivity contribution in [2.45, 2.75) is 30.2 Å². The van der Waals surface area contributed by atoms with E-state index in [0.29, 0.717) is 5.82 Å². The van der Waals surface area contributed by atoms with Crippen LogP contribution in [-0.2, 0) is 5.75 Å². The third kappa shape index (κ3) is 4.51. The molecule has 0 saturated carbocycles. The zero-order valence-corrected chi connectivity index (χ0v) is 12.3. The summed E-state index contributed by atoms with van der Waals surface area (Å²) in [4.78, 5) is 8.69. The van der Waals surface area contributed by atoms with Gasteiger partial charge in [0.1, 0.15) is 10.8 Å². The molecule has 1 aromatic heterocycles. The van der Waals surface area contributed by atoms with E-state index in [0.717, 1.165) is 17.2 Å². The molecule has 1 atom stereocenters. The number of nitrogens with one attached hydrogen (secondary N) is 1. The zero-order valence-electron chi connectivity index (χ0n) is 11.5. The second-order valence-electron chi connectivity index (χ2n) is 4.45. The smallest absolute Gasteiger partial charge is 0.146 e. The summed E-state index contributed by atoms with van der Waals surface area (Å²) in [6, 6.07) is 10.3. The van der Waals surface area contributed by atoms with Crippen LogP contribution in [0.15, 0.2) is 47.8 Å². The van der Waals surface area contributed by atoms with Gasteiger partial charge in [-0.05, 0) is 12.0 Å². The van der Waals surface area contributed by atoms with Gasteiger partial charge in [0.2, 0.25) is 0 Å². The Bertz CT molecular complexity index is 518. The molecule has 0 aliphatic rings. The van der Waals surface area contributed by atoms with E-state index in [-0.39, 0.29) is 12.6 Å². The van der Waals surface area contributed by atoms with Crippen molar-refractivity contribution in [1.82, 2.24) is 9.97 Å². The van der Waals surface area contributed by atoms with Crippen molar-refractivity contribution in [3.63, 3.8) is 0 Å². The summed E-state index contributed by atoms with van der Waals surface area (Å²) in [6.07, 6.45) is 4.29. The molecule has 4 nitrogen and oxygen atoms in total. The van der Waals surface area contributed by atoms with Gasteiger partial charge in [-0.25, -0.2) is 4.98 Å². The fourth-order valence-electron chi connectivity index (χ4n) is 1.70. The maximum atomic E-state index is 9.19. The molecule has 0 spiro atoms. The Morgan fingerprint density at radius 2 is 2.05 bits per heavy atom. The van der Waals surface area contributed by atoms with Crippen molar-refractivity contribution >= 4 is 17.6 Å². The van der Waals surface area contributed by atoms with Crippen LogP contribution in [0.25, 0.3) is 0 Å². The number of hydrogen-bond donors (Lipinski definition) is 2. The van der Waals surface area contributed by atoms with E-state index in [1.165, 1.54) is 5.56 Å². The highest BCUT2D eigenvalue weighted by molar-refractivity contribution is 7.98. The molecule has 0 aliphatic heterocycles. The molecule has 0 aliphatic carbocycles. The molecule has 1 aromatic carbocycles. The largest absolute Gasteiger partial charge is 0.394 e. The van der Waals surface area contributed by atoms with Crippen molar-refractivity contribution in [3.8, 4) is 0 Å². The summed E-state index contributed by atoms with van der Waals surface area (Å²) in [5.41, 5.74) is 1.26. The number of aromatic nitrogens is 2. The highest BCUT2D eigenvalue weighted by Crippen LogP contribution is 2.21. The summed E-state index contributed by atoms with van der Waals surface area (Å²) >= 11 is 1.65. The number of aliphatic hydroxyl groups is 1. The normalized spacial score (nSPS) is 12.1. The first-order valence-electron chi connectivity index (χ1n) is 6.68. The van der Waals surface area contributed by atoms with Crippen LogP contribution in [0.3, 0.4) is 0 Å². The van der Waals surface area contributed by atoms with Gasteiger partial charge in [-0.1, -0.05) is 37.3 Å². The van der Waals surface area contributed by atoms with Gasteiger partial charge in [0.05, 0.1) is 25.0 Å². The third-order valence-electron chi connectivity index (χ3n) is 2.91. The molecule has 106 valence electrons. The van der Waals surface area contributed by atoms with Crippen LogP contribution in [0.4, 0.5) is 5.82 Å². The quantitative estimate of drug-likeness (QED) is 0.767. The molecule has 2 N–H and O–H groups in total. The van der Waals surface area contributed by atoms with Crippen LogP contribution in [-0.4, -0.2) is 27.7 Å². The van der Waals surface area contributed by atoms with Gasteiger partial charge in [-0.2, -0.15) is 0 Å². The number of hydrogen-bond acceptors (Lipinski definition) is 5. The summed E-state index contributed by atoms with van der Waals surface area (Å²) in [5, 5.41) is 13.3. The van der Waals surface area contributed by atoms with Crippen molar-refractivity contribution in [2.24, 2.45) is 0 Å². The SMILES string of the molecule is CCC(CO)Nc1cncc(SCc2ccccc2)n1. The number of benzene rings is 1. The van der Waals surface area contributed by atoms with Crippen LogP contribution in [0, 0.1) is 0 Å². The lowest BCUT2D eigenvalue weighted by atomic mass is 10.2. The topological polar surface area (TPSA) is 58.0 Å². The highest BCUT2D eigenvalue weighted by atomic mass is 32.2. The minimum Gasteiger partial charge on any atom is -0.394 e. The van der Waals surface area contributed by atoms with E-state index in [9.17, 15) is 5.11 Å². The first-order chi connectivity index (χ1) is 9.81. The van der Waals surface area contributed by atoms with Crippen molar-refractivity contribution in [2.75, 3.05) is 11.9 Å². The van der Waals surface area contributed by atoms with Crippen LogP contribution in [0.2, 0.25) is 0 Å². The summed E-state index contributed by atoms with van der Waals surface area (Å²) in [6.45, 7) is 2.12. The van der Waals surface area contributed by atoms with Crippen molar-refractivity contribution in [3.05, 3.63) is 48.3 Å². The van der Waals surface area contributed by atoms with Gasteiger partial charge < -0.3 is 10.4 Å². The average molecular weight is 289 g/mol. The van der Waals surface area contributed by atoms with E-state index >= 15 is 0 Å². The molecule has 1 heterocycles. The van der Waals surface area contributed by atoms with E-state index in [1.807, 2.05) is 25.1 Å². The molecule has 0 fully saturated rings. The van der Waals surface area contributed by atoms with Crippen LogP contribution in [0.5, 0.6) is 0 Å². The second-order valence-corrected chi connectivity index (χ2v) is 5.44. The number of thioether (sulfide) groups is 1. The van der Waals surface area contributed by atoms with Gasteiger partial charge >= 0.3 is 0 Å². The van der Waals surface area contributed by atoms with Gasteiger partial charge in [-0.15, -0.1) is 11.8 Å². The molecular weight excluding hydrogens is 270 g/mol. The molecular formula is C15H19N3OS. The highest BCUT2D eigenvalue weighted by Gasteiger charge is 2.06. The van der Waals surface area contributed by atoms with Gasteiger partial charge in [0.25, 0.3) is 0 Å². The lowest BCUT2D eigenvalue weighted by Gasteiger charge is -2.14. The maximum Gasteiger partial charge on any atom is 0.146 e. The Morgan fingerprint density at radius 1 is 1.25 bits per heavy atom. The Balaban J connectivity index is 1.95. The van der Waals surface area contributed by atoms with Gasteiger partial charge in [0, 0.05) is 5.75 Å². The molecule has 5 heteroatoms. The Morgan fingerprint density at radius 3 is 2.75 bits per heavy atom. The zero-order chi connectivity index (χ0) is 14.2. The predicted molar refractivity (Wildman–Crippen MR) is 82.8 cm³/mol. The lowest BCUT2D eigenvalue weighted by molar-refractivity contribution is 0.271. The molecule has 2 rings (SSSR count). The number of nitrogens with zero attached hydrogens (tertiary/aromatic N) is 2. The van der Waals surface area contributed by atoms with Crippen LogP contribution < -0.4 is 5.32 Å². The fourth-order valence-corrected chi connectivity index (χ4v) is 2.51. The summed E-state index contributed by atoms with van der Waals surface area (Å²) in [7, 11) is 0. The van der Waals surface area contributed by atoms with Crippen molar-refractivity contribution < 1.29 is 5.11 Å². The van der Waals surface area contributed by atoms with E-state index in [2.05, 4.69) is 27.4 Å². The van der Waals surface area contributed by atoms with Crippen molar-refractivity contribution in [1.29, 1.82) is 0 Å². The van der Waals surface area contributed by atoms with Crippen LogP contribution >= 0.6 is 11.8 Å². The maximum absolute atomic E-state index is 9.19. The standard InChI is InChI=1S/C15H19N3OS/c1-2-13(10-19)17-14-8-16-9-15(18-14)20-11-12-6-4-3-5-7-12/h3-9,13,19H,2,10-11H2,1H3,(H,17,18). The second kappa shape index (κ2) is 7.87. The molecule has 0 saturated heterocycles. The molecule has 0 amide bonds. The van der Waals surface area contributed by atoms with Gasteiger partial charge in [-0.3, -0.25) is 4.98 Å². The minimum atomic E-state index is 0.0265. The predicted octanol–water partition coefficient (Wildman–Crippen LogP) is 2.95. The minimum absolute atomic E-state index is 0.0265. The van der Waals surface area contributed by atoms with Gasteiger partial charge in [0.15, 0.2) is 0 Å². The molecule has 0 bridgehead atoms. The van der Waals surface area contributed by atoms with E-state index in [4.69, 9.17) is 0 Å². The number of rotatable bonds is 7.